The molecule has 0 aliphatic rings. The molecule has 0 bridgehead atoms. The van der Waals surface area contributed by atoms with E-state index in [1.807, 2.05) is 0 Å². The van der Waals surface area contributed by atoms with E-state index in [0.717, 1.165) is 0 Å². The summed E-state index contributed by atoms with van der Waals surface area (Å²) in [7, 11) is 0. The molecule has 0 fully saturated rings. The number of carbonyl (C=O) groups is 2. The summed E-state index contributed by atoms with van der Waals surface area (Å²) in [6.45, 7) is 2.28. The third-order valence-corrected chi connectivity index (χ3v) is 3.70. The highest BCUT2D eigenvalue weighted by Gasteiger charge is 2.21. The number of amides is 1. The Morgan fingerprint density at radius 3 is 2.65 bits per heavy atom. The zero-order valence-corrected chi connectivity index (χ0v) is 14.4. The van der Waals surface area contributed by atoms with E-state index in [1.165, 1.54) is 17.2 Å². The van der Waals surface area contributed by atoms with Crippen LogP contribution in [0.1, 0.15) is 24.7 Å². The first-order valence-electron chi connectivity index (χ1n) is 8.19. The zero-order chi connectivity index (χ0) is 18.9. The zero-order valence-electron chi connectivity index (χ0n) is 14.4. The van der Waals surface area contributed by atoms with Crippen molar-refractivity contribution in [3.63, 3.8) is 0 Å². The molecule has 0 unspecified atom stereocenters. The van der Waals surface area contributed by atoms with E-state index < -0.39 is 10.9 Å². The van der Waals surface area contributed by atoms with E-state index in [4.69, 9.17) is 9.15 Å². The van der Waals surface area contributed by atoms with Gasteiger partial charge in [-0.25, -0.2) is 0 Å². The number of rotatable bonds is 9. The predicted molar refractivity (Wildman–Crippen MR) is 92.2 cm³/mol. The number of hydrogen-bond acceptors (Lipinski definition) is 6. The molecule has 0 saturated heterocycles. The van der Waals surface area contributed by atoms with Crippen LogP contribution in [0.25, 0.3) is 0 Å². The number of hydrogen-bond donors (Lipinski definition) is 0. The number of benzene rings is 1. The molecule has 1 heterocycles. The van der Waals surface area contributed by atoms with Crippen molar-refractivity contribution in [3.05, 3.63) is 64.1 Å². The van der Waals surface area contributed by atoms with Gasteiger partial charge in [0.1, 0.15) is 5.76 Å². The molecule has 8 heteroatoms. The lowest BCUT2D eigenvalue weighted by molar-refractivity contribution is -0.385. The van der Waals surface area contributed by atoms with E-state index in [-0.39, 0.29) is 44.1 Å². The van der Waals surface area contributed by atoms with Gasteiger partial charge in [-0.05, 0) is 19.1 Å². The lowest BCUT2D eigenvalue weighted by atomic mass is 10.1. The third-order valence-electron chi connectivity index (χ3n) is 3.70. The Hall–Kier alpha value is -3.16. The fraction of sp³-hybridized carbons (Fsp3) is 0.333. The molecule has 0 atom stereocenters. The highest BCUT2D eigenvalue weighted by molar-refractivity contribution is 5.80. The van der Waals surface area contributed by atoms with Crippen LogP contribution in [0, 0.1) is 10.1 Å². The molecular formula is C18H20N2O6. The van der Waals surface area contributed by atoms with E-state index in [9.17, 15) is 19.7 Å². The number of nitro benzene ring substituents is 1. The molecule has 0 radical (unpaired) electrons. The van der Waals surface area contributed by atoms with Crippen molar-refractivity contribution in [3.8, 4) is 0 Å². The molecule has 8 nitrogen and oxygen atoms in total. The second-order valence-electron chi connectivity index (χ2n) is 5.51. The van der Waals surface area contributed by atoms with E-state index in [2.05, 4.69) is 0 Å². The topological polar surface area (TPSA) is 103 Å². The molecule has 0 aliphatic carbocycles. The van der Waals surface area contributed by atoms with Crippen LogP contribution >= 0.6 is 0 Å². The number of nitro groups is 1. The van der Waals surface area contributed by atoms with Gasteiger partial charge in [-0.3, -0.25) is 19.7 Å². The fourth-order valence-corrected chi connectivity index (χ4v) is 2.46. The summed E-state index contributed by atoms with van der Waals surface area (Å²) in [5.41, 5.74) is 0.215. The Bertz CT molecular complexity index is 757. The van der Waals surface area contributed by atoms with Crippen LogP contribution in [0.4, 0.5) is 5.69 Å². The minimum atomic E-state index is -0.516. The van der Waals surface area contributed by atoms with Crippen molar-refractivity contribution in [2.24, 2.45) is 0 Å². The van der Waals surface area contributed by atoms with Crippen LogP contribution in [0.15, 0.2) is 47.1 Å². The smallest absolute Gasteiger partial charge is 0.307 e. The maximum absolute atomic E-state index is 12.7. The van der Waals surface area contributed by atoms with Crippen molar-refractivity contribution in [1.82, 2.24) is 4.90 Å². The summed E-state index contributed by atoms with van der Waals surface area (Å²) in [6, 6.07) is 9.52. The molecule has 2 rings (SSSR count). The van der Waals surface area contributed by atoms with Gasteiger partial charge in [-0.1, -0.05) is 18.2 Å². The summed E-state index contributed by atoms with van der Waals surface area (Å²) in [5, 5.41) is 11.1. The average Bonchev–Trinajstić information content (AvgIpc) is 3.12. The molecular weight excluding hydrogens is 340 g/mol. The van der Waals surface area contributed by atoms with Gasteiger partial charge in [-0.15, -0.1) is 0 Å². The summed E-state index contributed by atoms with van der Waals surface area (Å²) in [5.74, 6) is -0.180. The Kier molecular flexibility index (Phi) is 6.90. The quantitative estimate of drug-likeness (QED) is 0.387. The first-order valence-corrected chi connectivity index (χ1v) is 8.19. The molecule has 0 spiro atoms. The highest BCUT2D eigenvalue weighted by atomic mass is 16.6. The van der Waals surface area contributed by atoms with Gasteiger partial charge in [0.2, 0.25) is 5.91 Å². The molecule has 2 aromatic rings. The molecule has 1 aromatic heterocycles. The second kappa shape index (κ2) is 9.36. The molecule has 1 amide bonds. The maximum atomic E-state index is 12.7. The van der Waals surface area contributed by atoms with Gasteiger partial charge in [0, 0.05) is 18.2 Å². The minimum Gasteiger partial charge on any atom is -0.467 e. The molecule has 0 N–H and O–H groups in total. The molecule has 0 saturated carbocycles. The maximum Gasteiger partial charge on any atom is 0.307 e. The van der Waals surface area contributed by atoms with Gasteiger partial charge in [0.05, 0.1) is 37.2 Å². The summed E-state index contributed by atoms with van der Waals surface area (Å²) in [4.78, 5) is 36.3. The number of nitrogens with zero attached hydrogens (tertiary/aromatic N) is 2. The Labute approximate surface area is 150 Å². The number of carbonyl (C=O) groups excluding carboxylic acids is 2. The Morgan fingerprint density at radius 2 is 2.00 bits per heavy atom. The average molecular weight is 360 g/mol. The first-order chi connectivity index (χ1) is 12.5. The van der Waals surface area contributed by atoms with Crippen LogP contribution in [0.5, 0.6) is 0 Å². The summed E-state index contributed by atoms with van der Waals surface area (Å²) >= 11 is 0. The first kappa shape index (κ1) is 19.2. The van der Waals surface area contributed by atoms with Crippen molar-refractivity contribution in [2.75, 3.05) is 13.2 Å². The molecule has 0 aliphatic heterocycles. The molecule has 26 heavy (non-hydrogen) atoms. The van der Waals surface area contributed by atoms with Gasteiger partial charge >= 0.3 is 5.97 Å². The molecule has 1 aromatic carbocycles. The van der Waals surface area contributed by atoms with Gasteiger partial charge < -0.3 is 14.1 Å². The number of esters is 1. The highest BCUT2D eigenvalue weighted by Crippen LogP contribution is 2.19. The van der Waals surface area contributed by atoms with Crippen LogP contribution in [-0.4, -0.2) is 34.9 Å². The van der Waals surface area contributed by atoms with Crippen LogP contribution in [-0.2, 0) is 27.3 Å². The monoisotopic (exact) mass is 360 g/mol. The van der Waals surface area contributed by atoms with Crippen molar-refractivity contribution in [1.29, 1.82) is 0 Å². The molecule has 138 valence electrons. The summed E-state index contributed by atoms with van der Waals surface area (Å²) < 4.78 is 10.1. The van der Waals surface area contributed by atoms with Crippen molar-refractivity contribution < 1.29 is 23.7 Å². The van der Waals surface area contributed by atoms with Crippen LogP contribution in [0.2, 0.25) is 0 Å². The van der Waals surface area contributed by atoms with Crippen molar-refractivity contribution in [2.45, 2.75) is 26.3 Å². The van der Waals surface area contributed by atoms with Gasteiger partial charge in [-0.2, -0.15) is 0 Å². The van der Waals surface area contributed by atoms with Gasteiger partial charge in [0.25, 0.3) is 5.69 Å². The Morgan fingerprint density at radius 1 is 1.23 bits per heavy atom. The standard InChI is InChI=1S/C18H20N2O6/c1-2-25-18(22)9-10-19(13-15-7-5-11-26-15)17(21)12-14-6-3-4-8-16(14)20(23)24/h3-8,11H,2,9-10,12-13H2,1H3. The van der Waals surface area contributed by atoms with Crippen molar-refractivity contribution >= 4 is 17.6 Å². The second-order valence-corrected chi connectivity index (χ2v) is 5.51. The summed E-state index contributed by atoms with van der Waals surface area (Å²) in [6.07, 6.45) is 1.39. The van der Waals surface area contributed by atoms with E-state index >= 15 is 0 Å². The van der Waals surface area contributed by atoms with E-state index in [0.29, 0.717) is 11.3 Å². The van der Waals surface area contributed by atoms with Crippen LogP contribution < -0.4 is 0 Å². The largest absolute Gasteiger partial charge is 0.467 e. The normalized spacial score (nSPS) is 10.3. The fourth-order valence-electron chi connectivity index (χ4n) is 2.46. The lowest BCUT2D eigenvalue weighted by Gasteiger charge is -2.21. The SMILES string of the molecule is CCOC(=O)CCN(Cc1ccco1)C(=O)Cc1ccccc1[N+](=O)[O-]. The number of ether oxygens (including phenoxy) is 1. The van der Waals surface area contributed by atoms with Gasteiger partial charge in [0.15, 0.2) is 0 Å². The Balaban J connectivity index is 2.11. The van der Waals surface area contributed by atoms with E-state index in [1.54, 1.807) is 37.3 Å². The lowest BCUT2D eigenvalue weighted by Crippen LogP contribution is -2.34. The minimum absolute atomic E-state index is 0.0389. The van der Waals surface area contributed by atoms with Crippen LogP contribution in [0.3, 0.4) is 0 Å². The number of para-hydroxylation sites is 1. The number of furan rings is 1. The predicted octanol–water partition coefficient (Wildman–Crippen LogP) is 2.71. The third kappa shape index (κ3) is 5.44.